The van der Waals surface area contributed by atoms with E-state index in [4.69, 9.17) is 14.2 Å². The molecular formula is C19H20FNO5. The second-order valence-electron chi connectivity index (χ2n) is 5.48. The highest BCUT2D eigenvalue weighted by molar-refractivity contribution is 5.91. The Hall–Kier alpha value is -3.09. The van der Waals surface area contributed by atoms with Crippen molar-refractivity contribution in [1.29, 1.82) is 0 Å². The number of hydrogen-bond donors (Lipinski definition) is 1. The first-order valence-corrected chi connectivity index (χ1v) is 7.88. The molecule has 26 heavy (non-hydrogen) atoms. The Morgan fingerprint density at radius 2 is 1.77 bits per heavy atom. The van der Waals surface area contributed by atoms with Crippen LogP contribution in [0.25, 0.3) is 0 Å². The van der Waals surface area contributed by atoms with Crippen LogP contribution in [0, 0.1) is 5.82 Å². The van der Waals surface area contributed by atoms with Crippen LogP contribution in [-0.4, -0.2) is 32.7 Å². The predicted octanol–water partition coefficient (Wildman–Crippen LogP) is 2.88. The van der Waals surface area contributed by atoms with Gasteiger partial charge in [-0.3, -0.25) is 4.79 Å². The van der Waals surface area contributed by atoms with Crippen molar-refractivity contribution in [2.24, 2.45) is 0 Å². The fourth-order valence-corrected chi connectivity index (χ4v) is 2.34. The molecule has 1 amide bonds. The average Bonchev–Trinajstić information content (AvgIpc) is 2.66. The molecule has 2 aromatic rings. The van der Waals surface area contributed by atoms with Crippen LogP contribution < -0.4 is 14.8 Å². The molecule has 0 heterocycles. The Bertz CT molecular complexity index is 776. The summed E-state index contributed by atoms with van der Waals surface area (Å²) in [4.78, 5) is 23.9. The lowest BCUT2D eigenvalue weighted by atomic mass is 10.1. The molecule has 6 nitrogen and oxygen atoms in total. The van der Waals surface area contributed by atoms with E-state index in [9.17, 15) is 14.0 Å². The van der Waals surface area contributed by atoms with Gasteiger partial charge in [0.1, 0.15) is 17.3 Å². The van der Waals surface area contributed by atoms with Gasteiger partial charge in [0.25, 0.3) is 5.91 Å². The maximum Gasteiger partial charge on any atom is 0.338 e. The van der Waals surface area contributed by atoms with Gasteiger partial charge >= 0.3 is 5.97 Å². The van der Waals surface area contributed by atoms with Crippen molar-refractivity contribution in [1.82, 2.24) is 5.32 Å². The number of carbonyl (C=O) groups excluding carboxylic acids is 2. The summed E-state index contributed by atoms with van der Waals surface area (Å²) in [5.74, 6) is -0.406. The summed E-state index contributed by atoms with van der Waals surface area (Å²) in [6, 6.07) is 9.73. The lowest BCUT2D eigenvalue weighted by Crippen LogP contribution is -2.31. The van der Waals surface area contributed by atoms with Crippen LogP contribution in [0.4, 0.5) is 4.39 Å². The molecule has 0 bridgehead atoms. The van der Waals surface area contributed by atoms with Crippen LogP contribution >= 0.6 is 0 Å². The molecule has 1 N–H and O–H groups in total. The molecule has 0 fully saturated rings. The van der Waals surface area contributed by atoms with E-state index < -0.39 is 30.3 Å². The van der Waals surface area contributed by atoms with Gasteiger partial charge in [0, 0.05) is 5.56 Å². The molecule has 0 aliphatic carbocycles. The number of carbonyl (C=O) groups is 2. The third-order valence-electron chi connectivity index (χ3n) is 3.70. The number of hydrogen-bond acceptors (Lipinski definition) is 5. The number of nitrogens with one attached hydrogen (secondary N) is 1. The zero-order valence-corrected chi connectivity index (χ0v) is 14.7. The zero-order valence-electron chi connectivity index (χ0n) is 14.7. The highest BCUT2D eigenvalue weighted by atomic mass is 19.1. The van der Waals surface area contributed by atoms with E-state index >= 15 is 0 Å². The summed E-state index contributed by atoms with van der Waals surface area (Å²) >= 11 is 0. The number of rotatable bonds is 7. The number of benzene rings is 2. The van der Waals surface area contributed by atoms with Crippen molar-refractivity contribution in [3.8, 4) is 11.5 Å². The fraction of sp³-hybridized carbons (Fsp3) is 0.263. The summed E-state index contributed by atoms with van der Waals surface area (Å²) in [7, 11) is 3.08. The smallest absolute Gasteiger partial charge is 0.338 e. The number of amides is 1. The molecule has 0 aliphatic rings. The quantitative estimate of drug-likeness (QED) is 0.768. The van der Waals surface area contributed by atoms with Crippen molar-refractivity contribution < 1.29 is 28.2 Å². The molecule has 2 rings (SSSR count). The Morgan fingerprint density at radius 1 is 1.08 bits per heavy atom. The van der Waals surface area contributed by atoms with Crippen LogP contribution in [0.15, 0.2) is 42.5 Å². The monoisotopic (exact) mass is 361 g/mol. The highest BCUT2D eigenvalue weighted by Crippen LogP contribution is 2.29. The topological polar surface area (TPSA) is 73.9 Å². The minimum absolute atomic E-state index is 0.168. The molecule has 0 aromatic heterocycles. The predicted molar refractivity (Wildman–Crippen MR) is 92.8 cm³/mol. The third-order valence-corrected chi connectivity index (χ3v) is 3.70. The van der Waals surface area contributed by atoms with Gasteiger partial charge in [-0.2, -0.15) is 0 Å². The number of ether oxygens (including phenoxy) is 3. The number of halogens is 1. The molecule has 138 valence electrons. The molecule has 0 saturated heterocycles. The van der Waals surface area contributed by atoms with E-state index in [0.29, 0.717) is 11.5 Å². The first kappa shape index (κ1) is 19.2. The van der Waals surface area contributed by atoms with Gasteiger partial charge in [-0.05, 0) is 49.4 Å². The van der Waals surface area contributed by atoms with E-state index in [1.165, 1.54) is 19.2 Å². The fourth-order valence-electron chi connectivity index (χ4n) is 2.34. The Balaban J connectivity index is 1.95. The first-order chi connectivity index (χ1) is 12.4. The van der Waals surface area contributed by atoms with Crippen LogP contribution in [-0.2, 0) is 9.53 Å². The number of esters is 1. The second-order valence-corrected chi connectivity index (χ2v) is 5.48. The van der Waals surface area contributed by atoms with Crippen LogP contribution in [0.3, 0.4) is 0 Å². The van der Waals surface area contributed by atoms with E-state index in [2.05, 4.69) is 5.32 Å². The summed E-state index contributed by atoms with van der Waals surface area (Å²) in [6.45, 7) is 1.32. The second kappa shape index (κ2) is 8.84. The molecule has 0 spiro atoms. The Morgan fingerprint density at radius 3 is 2.38 bits per heavy atom. The standard InChI is InChI=1S/C19H20FNO5/c1-12(16-10-15(24-2)8-9-17(16)25-3)21-18(22)11-26-19(23)13-4-6-14(20)7-5-13/h4-10,12H,11H2,1-3H3,(H,21,22)/t12-/m0/s1. The van der Waals surface area contributed by atoms with Crippen LogP contribution in [0.5, 0.6) is 11.5 Å². The molecular weight excluding hydrogens is 341 g/mol. The Kier molecular flexibility index (Phi) is 6.54. The van der Waals surface area contributed by atoms with Gasteiger partial charge in [0.05, 0.1) is 25.8 Å². The lowest BCUT2D eigenvalue weighted by molar-refractivity contribution is -0.124. The van der Waals surface area contributed by atoms with Gasteiger partial charge in [-0.1, -0.05) is 0 Å². The lowest BCUT2D eigenvalue weighted by Gasteiger charge is -2.18. The van der Waals surface area contributed by atoms with Crippen molar-refractivity contribution in [3.63, 3.8) is 0 Å². The largest absolute Gasteiger partial charge is 0.497 e. The minimum atomic E-state index is -0.702. The molecule has 0 aliphatic heterocycles. The van der Waals surface area contributed by atoms with Gasteiger partial charge in [0.15, 0.2) is 6.61 Å². The van der Waals surface area contributed by atoms with Crippen molar-refractivity contribution in [3.05, 3.63) is 59.4 Å². The van der Waals surface area contributed by atoms with Crippen molar-refractivity contribution >= 4 is 11.9 Å². The van der Waals surface area contributed by atoms with E-state index in [0.717, 1.165) is 17.7 Å². The van der Waals surface area contributed by atoms with Crippen LogP contribution in [0.1, 0.15) is 28.9 Å². The highest BCUT2D eigenvalue weighted by Gasteiger charge is 2.17. The van der Waals surface area contributed by atoms with Gasteiger partial charge in [-0.25, -0.2) is 9.18 Å². The SMILES string of the molecule is COc1ccc(OC)c([C@H](C)NC(=O)COC(=O)c2ccc(F)cc2)c1. The minimum Gasteiger partial charge on any atom is -0.497 e. The van der Waals surface area contributed by atoms with E-state index in [1.807, 2.05) is 0 Å². The van der Waals surface area contributed by atoms with Gasteiger partial charge in [0.2, 0.25) is 0 Å². The molecule has 2 aromatic carbocycles. The summed E-state index contributed by atoms with van der Waals surface area (Å²) < 4.78 is 28.3. The zero-order chi connectivity index (χ0) is 19.1. The average molecular weight is 361 g/mol. The van der Waals surface area contributed by atoms with Gasteiger partial charge in [-0.15, -0.1) is 0 Å². The maximum absolute atomic E-state index is 12.8. The Labute approximate surface area is 150 Å². The van der Waals surface area contributed by atoms with Crippen LogP contribution in [0.2, 0.25) is 0 Å². The van der Waals surface area contributed by atoms with Crippen molar-refractivity contribution in [2.45, 2.75) is 13.0 Å². The van der Waals surface area contributed by atoms with Gasteiger partial charge < -0.3 is 19.5 Å². The normalized spacial score (nSPS) is 11.4. The first-order valence-electron chi connectivity index (χ1n) is 7.88. The van der Waals surface area contributed by atoms with Crippen molar-refractivity contribution in [2.75, 3.05) is 20.8 Å². The number of methoxy groups -OCH3 is 2. The summed E-state index contributed by atoms with van der Waals surface area (Å²) in [5, 5.41) is 2.73. The summed E-state index contributed by atoms with van der Waals surface area (Å²) in [6.07, 6.45) is 0. The summed E-state index contributed by atoms with van der Waals surface area (Å²) in [5.41, 5.74) is 0.895. The van der Waals surface area contributed by atoms with E-state index in [1.54, 1.807) is 32.2 Å². The molecule has 7 heteroatoms. The molecule has 0 radical (unpaired) electrons. The maximum atomic E-state index is 12.8. The third kappa shape index (κ3) is 4.95. The molecule has 0 saturated carbocycles. The van der Waals surface area contributed by atoms with E-state index in [-0.39, 0.29) is 5.56 Å². The molecule has 0 unspecified atom stereocenters. The molecule has 1 atom stereocenters.